The van der Waals surface area contributed by atoms with Gasteiger partial charge in [-0.15, -0.1) is 0 Å². The number of rotatable bonds is 3. The predicted molar refractivity (Wildman–Crippen MR) is 114 cm³/mol. The Bertz CT molecular complexity index is 1200. The number of pyridine rings is 1. The number of hydrogen-bond donors (Lipinski definition) is 0. The number of methoxy groups -OCH3 is 1. The first kappa shape index (κ1) is 19.7. The second kappa shape index (κ2) is 7.77. The van der Waals surface area contributed by atoms with Crippen molar-refractivity contribution in [3.05, 3.63) is 70.0 Å². The molecule has 3 aromatic rings. The largest absolute Gasteiger partial charge is 0.497 e. The molecular formula is C23H23FN4O3. The van der Waals surface area contributed by atoms with Crippen molar-refractivity contribution in [3.8, 4) is 17.0 Å². The minimum Gasteiger partial charge on any atom is -0.497 e. The van der Waals surface area contributed by atoms with Crippen LogP contribution in [0.2, 0.25) is 0 Å². The van der Waals surface area contributed by atoms with Crippen molar-refractivity contribution in [3.63, 3.8) is 0 Å². The minimum atomic E-state index is -0.505. The molecule has 31 heavy (non-hydrogen) atoms. The SMILES string of the molecule is COc1ccc2c(c1)CC[C@H]1[C@H]2OCCN1c1nc(-c2ccncc2F)cc(=O)n1C. The van der Waals surface area contributed by atoms with Crippen LogP contribution in [0.1, 0.15) is 23.7 Å². The highest BCUT2D eigenvalue weighted by molar-refractivity contribution is 5.60. The van der Waals surface area contributed by atoms with E-state index < -0.39 is 5.82 Å². The lowest BCUT2D eigenvalue weighted by molar-refractivity contribution is 0.00172. The van der Waals surface area contributed by atoms with E-state index in [-0.39, 0.29) is 23.3 Å². The highest BCUT2D eigenvalue weighted by atomic mass is 19.1. The number of hydrogen-bond acceptors (Lipinski definition) is 6. The number of ether oxygens (including phenoxy) is 2. The van der Waals surface area contributed by atoms with Crippen LogP contribution < -0.4 is 15.2 Å². The summed E-state index contributed by atoms with van der Waals surface area (Å²) in [4.78, 5) is 23.4. The average Bonchev–Trinajstić information content (AvgIpc) is 2.80. The molecule has 0 spiro atoms. The molecule has 2 aliphatic rings. The summed E-state index contributed by atoms with van der Waals surface area (Å²) >= 11 is 0. The molecule has 0 N–H and O–H groups in total. The van der Waals surface area contributed by atoms with E-state index in [9.17, 15) is 9.18 Å². The van der Waals surface area contributed by atoms with Crippen LogP contribution in [0.25, 0.3) is 11.3 Å². The van der Waals surface area contributed by atoms with Gasteiger partial charge < -0.3 is 14.4 Å². The van der Waals surface area contributed by atoms with Gasteiger partial charge in [-0.3, -0.25) is 14.3 Å². The fraction of sp³-hybridized carbons (Fsp3) is 0.348. The lowest BCUT2D eigenvalue weighted by atomic mass is 9.84. The zero-order chi connectivity index (χ0) is 21.5. The van der Waals surface area contributed by atoms with Crippen LogP contribution in [-0.2, 0) is 18.2 Å². The molecule has 7 nitrogen and oxygen atoms in total. The molecule has 0 saturated carbocycles. The monoisotopic (exact) mass is 422 g/mol. The maximum absolute atomic E-state index is 14.3. The van der Waals surface area contributed by atoms with E-state index in [1.807, 2.05) is 6.07 Å². The smallest absolute Gasteiger partial charge is 0.255 e. The predicted octanol–water partition coefficient (Wildman–Crippen LogP) is 2.88. The molecule has 0 amide bonds. The van der Waals surface area contributed by atoms with Crippen molar-refractivity contribution in [2.75, 3.05) is 25.2 Å². The van der Waals surface area contributed by atoms with Crippen molar-refractivity contribution in [1.82, 2.24) is 14.5 Å². The number of morpholine rings is 1. The van der Waals surface area contributed by atoms with E-state index >= 15 is 0 Å². The summed E-state index contributed by atoms with van der Waals surface area (Å²) in [7, 11) is 3.36. The van der Waals surface area contributed by atoms with Gasteiger partial charge in [0.1, 0.15) is 11.9 Å². The first-order valence-electron chi connectivity index (χ1n) is 10.3. The van der Waals surface area contributed by atoms with Gasteiger partial charge in [-0.25, -0.2) is 9.37 Å². The van der Waals surface area contributed by atoms with Crippen molar-refractivity contribution in [1.29, 1.82) is 0 Å². The molecule has 1 aromatic carbocycles. The highest BCUT2D eigenvalue weighted by Gasteiger charge is 2.39. The fourth-order valence-corrected chi connectivity index (χ4v) is 4.58. The molecule has 3 heterocycles. The summed E-state index contributed by atoms with van der Waals surface area (Å²) in [5.41, 5.74) is 2.70. The van der Waals surface area contributed by atoms with Crippen molar-refractivity contribution < 1.29 is 13.9 Å². The van der Waals surface area contributed by atoms with Crippen LogP contribution in [0.4, 0.5) is 10.3 Å². The molecule has 0 unspecified atom stereocenters. The minimum absolute atomic E-state index is 0.0327. The third kappa shape index (κ3) is 3.37. The Morgan fingerprint density at radius 2 is 2.13 bits per heavy atom. The Labute approximate surface area is 179 Å². The lowest BCUT2D eigenvalue weighted by Gasteiger charge is -2.45. The number of fused-ring (bicyclic) bond motifs is 3. The van der Waals surface area contributed by atoms with E-state index in [2.05, 4.69) is 22.0 Å². The van der Waals surface area contributed by atoms with Crippen LogP contribution in [0.15, 0.2) is 47.5 Å². The van der Waals surface area contributed by atoms with Crippen molar-refractivity contribution >= 4 is 5.95 Å². The van der Waals surface area contributed by atoms with Gasteiger partial charge >= 0.3 is 0 Å². The zero-order valence-corrected chi connectivity index (χ0v) is 17.4. The van der Waals surface area contributed by atoms with Gasteiger partial charge in [-0.1, -0.05) is 6.07 Å². The number of halogens is 1. The summed E-state index contributed by atoms with van der Waals surface area (Å²) in [5.74, 6) is 0.851. The Morgan fingerprint density at radius 3 is 2.94 bits per heavy atom. The van der Waals surface area contributed by atoms with Gasteiger partial charge in [0.15, 0.2) is 5.82 Å². The quantitative estimate of drug-likeness (QED) is 0.647. The van der Waals surface area contributed by atoms with Gasteiger partial charge in [-0.05, 0) is 42.2 Å². The molecule has 0 bridgehead atoms. The third-order valence-corrected chi connectivity index (χ3v) is 6.16. The van der Waals surface area contributed by atoms with Crippen molar-refractivity contribution in [2.45, 2.75) is 25.0 Å². The summed E-state index contributed by atoms with van der Waals surface area (Å²) in [6.45, 7) is 1.12. The maximum atomic E-state index is 14.3. The number of aryl methyl sites for hydroxylation is 1. The Morgan fingerprint density at radius 1 is 1.26 bits per heavy atom. The molecule has 1 fully saturated rings. The van der Waals surface area contributed by atoms with E-state index in [1.165, 1.54) is 28.5 Å². The summed E-state index contributed by atoms with van der Waals surface area (Å²) in [5, 5.41) is 0. The van der Waals surface area contributed by atoms with Gasteiger partial charge in [0, 0.05) is 31.4 Å². The Balaban J connectivity index is 1.56. The molecule has 5 rings (SSSR count). The molecule has 1 aliphatic carbocycles. The van der Waals surface area contributed by atoms with E-state index in [4.69, 9.17) is 14.5 Å². The topological polar surface area (TPSA) is 69.5 Å². The molecular weight excluding hydrogens is 399 g/mol. The Hall–Kier alpha value is -3.26. The average molecular weight is 422 g/mol. The van der Waals surface area contributed by atoms with E-state index in [0.29, 0.717) is 24.8 Å². The summed E-state index contributed by atoms with van der Waals surface area (Å²) in [6, 6.07) is 9.00. The third-order valence-electron chi connectivity index (χ3n) is 6.16. The van der Waals surface area contributed by atoms with Crippen LogP contribution in [0.3, 0.4) is 0 Å². The van der Waals surface area contributed by atoms with E-state index in [1.54, 1.807) is 14.2 Å². The molecule has 2 aromatic heterocycles. The van der Waals surface area contributed by atoms with Crippen LogP contribution >= 0.6 is 0 Å². The van der Waals surface area contributed by atoms with Gasteiger partial charge in [0.2, 0.25) is 5.95 Å². The second-order valence-corrected chi connectivity index (χ2v) is 7.85. The molecule has 0 radical (unpaired) electrons. The molecule has 2 atom stereocenters. The fourth-order valence-electron chi connectivity index (χ4n) is 4.58. The number of anilines is 1. The van der Waals surface area contributed by atoms with Crippen LogP contribution in [0.5, 0.6) is 5.75 Å². The molecule has 8 heteroatoms. The first-order chi connectivity index (χ1) is 15.1. The van der Waals surface area contributed by atoms with Crippen molar-refractivity contribution in [2.24, 2.45) is 7.05 Å². The van der Waals surface area contributed by atoms with Gasteiger partial charge in [0.05, 0.1) is 31.6 Å². The lowest BCUT2D eigenvalue weighted by Crippen LogP contribution is -2.51. The first-order valence-corrected chi connectivity index (χ1v) is 10.3. The van der Waals surface area contributed by atoms with Gasteiger partial charge in [-0.2, -0.15) is 0 Å². The standard InChI is InChI=1S/C23H23FN4O3/c1-27-21(29)12-19(17-7-8-25-13-18(17)24)26-23(27)28-9-10-31-22-16-5-4-15(30-2)11-14(16)3-6-20(22)28/h4-5,7-8,11-13,20,22H,3,6,9-10H2,1-2H3/t20-,22-/m0/s1. The number of aromatic nitrogens is 3. The number of nitrogens with zero attached hydrogens (tertiary/aromatic N) is 4. The zero-order valence-electron chi connectivity index (χ0n) is 17.4. The number of benzene rings is 1. The molecule has 1 saturated heterocycles. The second-order valence-electron chi connectivity index (χ2n) is 7.85. The normalized spacial score (nSPS) is 20.2. The molecule has 160 valence electrons. The highest BCUT2D eigenvalue weighted by Crippen LogP contribution is 2.40. The van der Waals surface area contributed by atoms with Crippen LogP contribution in [-0.4, -0.2) is 40.8 Å². The molecule has 1 aliphatic heterocycles. The summed E-state index contributed by atoms with van der Waals surface area (Å²) in [6.07, 6.45) is 4.23. The van der Waals surface area contributed by atoms with Gasteiger partial charge in [0.25, 0.3) is 5.56 Å². The maximum Gasteiger partial charge on any atom is 0.255 e. The summed E-state index contributed by atoms with van der Waals surface area (Å²) < 4.78 is 27.4. The Kier molecular flexibility index (Phi) is 4.94. The van der Waals surface area contributed by atoms with E-state index in [0.717, 1.165) is 30.4 Å². The van der Waals surface area contributed by atoms with Crippen LogP contribution in [0, 0.1) is 5.82 Å².